The SMILES string of the molecule is Cc1cccc(Cl)c1-c1noc(C2CC2)c1COC1CCC2(C1)OCCO2. The molecule has 0 radical (unpaired) electrons. The van der Waals surface area contributed by atoms with Crippen LogP contribution in [0, 0.1) is 6.92 Å². The number of nitrogens with zero attached hydrogens (tertiary/aromatic N) is 1. The lowest BCUT2D eigenvalue weighted by Crippen LogP contribution is -2.27. The van der Waals surface area contributed by atoms with Gasteiger partial charge in [0.2, 0.25) is 0 Å². The number of hydrogen-bond donors (Lipinski definition) is 0. The number of hydrogen-bond acceptors (Lipinski definition) is 5. The normalized spacial score (nSPS) is 24.1. The Hall–Kier alpha value is -1.40. The highest BCUT2D eigenvalue weighted by molar-refractivity contribution is 6.33. The van der Waals surface area contributed by atoms with E-state index in [0.29, 0.717) is 30.8 Å². The molecule has 1 aromatic carbocycles. The van der Waals surface area contributed by atoms with Crippen molar-refractivity contribution < 1.29 is 18.7 Å². The Balaban J connectivity index is 1.39. The number of rotatable bonds is 5. The minimum absolute atomic E-state index is 0.130. The van der Waals surface area contributed by atoms with Crippen LogP contribution in [-0.4, -0.2) is 30.3 Å². The third-order valence-corrected chi connectivity index (χ3v) is 6.20. The van der Waals surface area contributed by atoms with Crippen LogP contribution in [0.1, 0.15) is 54.9 Å². The average molecular weight is 390 g/mol. The van der Waals surface area contributed by atoms with Crippen LogP contribution in [0.2, 0.25) is 5.02 Å². The summed E-state index contributed by atoms with van der Waals surface area (Å²) in [5.41, 5.74) is 3.90. The van der Waals surface area contributed by atoms with Gasteiger partial charge in [0.05, 0.1) is 30.9 Å². The van der Waals surface area contributed by atoms with Gasteiger partial charge in [0.25, 0.3) is 0 Å². The first-order valence-electron chi connectivity index (χ1n) is 9.79. The van der Waals surface area contributed by atoms with Gasteiger partial charge in [0.15, 0.2) is 5.79 Å². The molecule has 1 spiro atoms. The second kappa shape index (κ2) is 6.89. The van der Waals surface area contributed by atoms with Crippen LogP contribution in [0.5, 0.6) is 0 Å². The molecule has 0 bridgehead atoms. The van der Waals surface area contributed by atoms with Crippen LogP contribution in [0.25, 0.3) is 11.3 Å². The van der Waals surface area contributed by atoms with Crippen molar-refractivity contribution in [2.45, 2.75) is 63.4 Å². The molecule has 2 heterocycles. The van der Waals surface area contributed by atoms with E-state index in [4.69, 9.17) is 30.3 Å². The fourth-order valence-corrected chi connectivity index (χ4v) is 4.60. The van der Waals surface area contributed by atoms with Crippen molar-refractivity contribution in [1.82, 2.24) is 5.16 Å². The zero-order valence-electron chi connectivity index (χ0n) is 15.5. The Bertz CT molecular complexity index is 818. The molecule has 0 amide bonds. The number of ether oxygens (including phenoxy) is 3. The van der Waals surface area contributed by atoms with Crippen LogP contribution >= 0.6 is 11.6 Å². The minimum atomic E-state index is -0.416. The van der Waals surface area contributed by atoms with Crippen molar-refractivity contribution in [2.24, 2.45) is 0 Å². The first kappa shape index (κ1) is 17.7. The van der Waals surface area contributed by atoms with Gasteiger partial charge in [-0.05, 0) is 37.8 Å². The van der Waals surface area contributed by atoms with E-state index in [0.717, 1.165) is 60.2 Å². The lowest BCUT2D eigenvalue weighted by molar-refractivity contribution is -0.157. The van der Waals surface area contributed by atoms with E-state index in [1.165, 1.54) is 0 Å². The molecule has 5 rings (SSSR count). The Morgan fingerprint density at radius 3 is 2.78 bits per heavy atom. The first-order chi connectivity index (χ1) is 13.2. The standard InChI is InChI=1S/C21H24ClNO4/c1-13-3-2-4-17(22)18(13)19-16(20(27-23-19)14-5-6-14)12-24-15-7-8-21(11-15)25-9-10-26-21/h2-4,14-15H,5-12H2,1H3. The Morgan fingerprint density at radius 1 is 1.22 bits per heavy atom. The van der Waals surface area contributed by atoms with E-state index < -0.39 is 5.79 Å². The molecule has 3 fully saturated rings. The summed E-state index contributed by atoms with van der Waals surface area (Å²) in [7, 11) is 0. The van der Waals surface area contributed by atoms with Crippen LogP contribution < -0.4 is 0 Å². The van der Waals surface area contributed by atoms with E-state index in [9.17, 15) is 0 Å². The largest absolute Gasteiger partial charge is 0.373 e. The second-order valence-corrected chi connectivity index (χ2v) is 8.27. The van der Waals surface area contributed by atoms with Gasteiger partial charge in [-0.1, -0.05) is 28.9 Å². The summed E-state index contributed by atoms with van der Waals surface area (Å²) < 4.78 is 23.7. The Labute approximate surface area is 163 Å². The highest BCUT2D eigenvalue weighted by Crippen LogP contribution is 2.46. The van der Waals surface area contributed by atoms with E-state index in [1.54, 1.807) is 0 Å². The summed E-state index contributed by atoms with van der Waals surface area (Å²) in [6.07, 6.45) is 5.06. The van der Waals surface area contributed by atoms with Crippen molar-refractivity contribution >= 4 is 11.6 Å². The molecule has 144 valence electrons. The van der Waals surface area contributed by atoms with Crippen molar-refractivity contribution in [3.8, 4) is 11.3 Å². The topological polar surface area (TPSA) is 53.7 Å². The van der Waals surface area contributed by atoms with Gasteiger partial charge in [-0.15, -0.1) is 0 Å². The third-order valence-electron chi connectivity index (χ3n) is 5.89. The lowest BCUT2D eigenvalue weighted by atomic mass is 10.0. The third kappa shape index (κ3) is 3.31. The molecular weight excluding hydrogens is 366 g/mol. The quantitative estimate of drug-likeness (QED) is 0.720. The predicted molar refractivity (Wildman–Crippen MR) is 101 cm³/mol. The molecule has 1 saturated heterocycles. The summed E-state index contributed by atoms with van der Waals surface area (Å²) in [5.74, 6) is 1.01. The molecule has 2 aromatic rings. The number of aromatic nitrogens is 1. The van der Waals surface area contributed by atoms with Crippen LogP contribution in [0.4, 0.5) is 0 Å². The van der Waals surface area contributed by atoms with Gasteiger partial charge in [0.1, 0.15) is 11.5 Å². The molecule has 0 N–H and O–H groups in total. The molecule has 6 heteroatoms. The van der Waals surface area contributed by atoms with Crippen LogP contribution in [0.15, 0.2) is 22.7 Å². The maximum atomic E-state index is 6.49. The van der Waals surface area contributed by atoms with Gasteiger partial charge in [0, 0.05) is 29.9 Å². The fourth-order valence-electron chi connectivity index (χ4n) is 4.29. The monoisotopic (exact) mass is 389 g/mol. The molecule has 1 aromatic heterocycles. The summed E-state index contributed by atoms with van der Waals surface area (Å²) in [5, 5.41) is 5.09. The number of halogens is 1. The average Bonchev–Trinajstić information content (AvgIpc) is 3.08. The zero-order chi connectivity index (χ0) is 18.4. The van der Waals surface area contributed by atoms with Crippen molar-refractivity contribution in [1.29, 1.82) is 0 Å². The first-order valence-corrected chi connectivity index (χ1v) is 10.2. The second-order valence-electron chi connectivity index (χ2n) is 7.86. The molecule has 1 atom stereocenters. The molecule has 5 nitrogen and oxygen atoms in total. The highest BCUT2D eigenvalue weighted by Gasteiger charge is 2.44. The Morgan fingerprint density at radius 2 is 2.04 bits per heavy atom. The lowest BCUT2D eigenvalue weighted by Gasteiger charge is -2.21. The summed E-state index contributed by atoms with van der Waals surface area (Å²) in [4.78, 5) is 0. The summed E-state index contributed by atoms with van der Waals surface area (Å²) in [6.45, 7) is 3.89. The van der Waals surface area contributed by atoms with Gasteiger partial charge < -0.3 is 18.7 Å². The maximum Gasteiger partial charge on any atom is 0.171 e. The zero-order valence-corrected chi connectivity index (χ0v) is 16.3. The van der Waals surface area contributed by atoms with E-state index >= 15 is 0 Å². The molecule has 1 unspecified atom stereocenters. The smallest absolute Gasteiger partial charge is 0.171 e. The van der Waals surface area contributed by atoms with E-state index in [2.05, 4.69) is 5.16 Å². The molecule has 1 aliphatic heterocycles. The Kier molecular flexibility index (Phi) is 4.51. The van der Waals surface area contributed by atoms with Crippen molar-refractivity contribution in [3.05, 3.63) is 40.1 Å². The van der Waals surface area contributed by atoms with Crippen LogP contribution in [-0.2, 0) is 20.8 Å². The molecule has 2 aliphatic carbocycles. The molecule has 27 heavy (non-hydrogen) atoms. The number of aryl methyl sites for hydroxylation is 1. The summed E-state index contributed by atoms with van der Waals surface area (Å²) in [6, 6.07) is 5.90. The number of benzene rings is 1. The predicted octanol–water partition coefficient (Wildman–Crippen LogP) is 4.99. The van der Waals surface area contributed by atoms with Gasteiger partial charge in [-0.2, -0.15) is 0 Å². The van der Waals surface area contributed by atoms with Crippen molar-refractivity contribution in [3.63, 3.8) is 0 Å². The molecule has 3 aliphatic rings. The highest BCUT2D eigenvalue weighted by atomic mass is 35.5. The van der Waals surface area contributed by atoms with Crippen LogP contribution in [0.3, 0.4) is 0 Å². The summed E-state index contributed by atoms with van der Waals surface area (Å²) >= 11 is 6.49. The van der Waals surface area contributed by atoms with Gasteiger partial charge in [-0.3, -0.25) is 0 Å². The molecular formula is C21H24ClNO4. The van der Waals surface area contributed by atoms with E-state index in [1.807, 2.05) is 25.1 Å². The fraction of sp³-hybridized carbons (Fsp3) is 0.571. The van der Waals surface area contributed by atoms with Gasteiger partial charge >= 0.3 is 0 Å². The van der Waals surface area contributed by atoms with Crippen molar-refractivity contribution in [2.75, 3.05) is 13.2 Å². The minimum Gasteiger partial charge on any atom is -0.373 e. The van der Waals surface area contributed by atoms with Gasteiger partial charge in [-0.25, -0.2) is 0 Å². The van der Waals surface area contributed by atoms with E-state index in [-0.39, 0.29) is 6.10 Å². The maximum absolute atomic E-state index is 6.49. The molecule has 2 saturated carbocycles.